The highest BCUT2D eigenvalue weighted by atomic mass is 15.1. The van der Waals surface area contributed by atoms with Crippen LogP contribution in [0.15, 0.2) is 18.5 Å². The third kappa shape index (κ3) is 1.99. The van der Waals surface area contributed by atoms with Crippen LogP contribution in [-0.2, 0) is 0 Å². The van der Waals surface area contributed by atoms with Gasteiger partial charge in [0.15, 0.2) is 0 Å². The number of nitrogens with zero attached hydrogens (tertiary/aromatic N) is 2. The number of anilines is 2. The summed E-state index contributed by atoms with van der Waals surface area (Å²) in [5, 5.41) is 0. The van der Waals surface area contributed by atoms with E-state index >= 15 is 0 Å². The maximum Gasteiger partial charge on any atom is 0.0738 e. The van der Waals surface area contributed by atoms with Crippen LogP contribution in [0.1, 0.15) is 38.5 Å². The molecule has 5 rings (SSSR count). The molecule has 2 N–H and O–H groups in total. The van der Waals surface area contributed by atoms with Gasteiger partial charge in [0.1, 0.15) is 0 Å². The topological polar surface area (TPSA) is 42.2 Å². The minimum atomic E-state index is 0.569. The van der Waals surface area contributed by atoms with Gasteiger partial charge in [-0.1, -0.05) is 0 Å². The number of aromatic nitrogens is 1. The summed E-state index contributed by atoms with van der Waals surface area (Å²) in [7, 11) is 2.20. The van der Waals surface area contributed by atoms with Gasteiger partial charge in [0.05, 0.1) is 17.6 Å². The summed E-state index contributed by atoms with van der Waals surface area (Å²) in [6, 6.07) is 2.05. The summed E-state index contributed by atoms with van der Waals surface area (Å²) in [4.78, 5) is 6.48. The molecular weight excluding hydrogens is 246 g/mol. The van der Waals surface area contributed by atoms with Crippen LogP contribution in [0.3, 0.4) is 0 Å². The maximum atomic E-state index is 6.08. The van der Waals surface area contributed by atoms with E-state index < -0.39 is 0 Å². The number of nitrogen functional groups attached to an aromatic ring is 1. The number of pyridine rings is 1. The Bertz CT molecular complexity index is 475. The lowest BCUT2D eigenvalue weighted by Gasteiger charge is -2.57. The van der Waals surface area contributed by atoms with Gasteiger partial charge in [0.25, 0.3) is 0 Å². The molecule has 108 valence electrons. The Morgan fingerprint density at radius 2 is 1.80 bits per heavy atom. The van der Waals surface area contributed by atoms with Crippen LogP contribution in [0, 0.1) is 23.2 Å². The molecule has 1 aromatic heterocycles. The second-order valence-electron chi connectivity index (χ2n) is 7.71. The van der Waals surface area contributed by atoms with Crippen molar-refractivity contribution < 1.29 is 0 Å². The molecule has 1 aromatic rings. The van der Waals surface area contributed by atoms with E-state index in [4.69, 9.17) is 5.73 Å². The molecule has 20 heavy (non-hydrogen) atoms. The highest BCUT2D eigenvalue weighted by molar-refractivity contribution is 5.65. The van der Waals surface area contributed by atoms with E-state index in [9.17, 15) is 0 Å². The van der Waals surface area contributed by atoms with E-state index in [1.807, 2.05) is 6.20 Å². The van der Waals surface area contributed by atoms with E-state index in [0.717, 1.165) is 29.1 Å². The Morgan fingerprint density at radius 3 is 2.35 bits per heavy atom. The molecule has 0 unspecified atom stereocenters. The van der Waals surface area contributed by atoms with Crippen molar-refractivity contribution in [2.45, 2.75) is 38.5 Å². The monoisotopic (exact) mass is 271 g/mol. The minimum absolute atomic E-state index is 0.569. The maximum absolute atomic E-state index is 6.08. The SMILES string of the molecule is CN(CC12CC3CC(CC(C3)C1)C2)c1ccncc1N. The van der Waals surface area contributed by atoms with Gasteiger partial charge in [-0.05, 0) is 67.8 Å². The zero-order valence-corrected chi connectivity index (χ0v) is 12.4. The van der Waals surface area contributed by atoms with E-state index in [1.165, 1.54) is 45.1 Å². The highest BCUT2D eigenvalue weighted by Crippen LogP contribution is 2.60. The van der Waals surface area contributed by atoms with E-state index in [-0.39, 0.29) is 0 Å². The van der Waals surface area contributed by atoms with Crippen LogP contribution < -0.4 is 10.6 Å². The average Bonchev–Trinajstić information content (AvgIpc) is 2.36. The number of hydrogen-bond acceptors (Lipinski definition) is 3. The number of rotatable bonds is 3. The van der Waals surface area contributed by atoms with Crippen LogP contribution in [0.2, 0.25) is 0 Å². The van der Waals surface area contributed by atoms with Crippen molar-refractivity contribution in [1.82, 2.24) is 4.98 Å². The number of hydrogen-bond donors (Lipinski definition) is 1. The van der Waals surface area contributed by atoms with Gasteiger partial charge in [0, 0.05) is 19.8 Å². The predicted octanol–water partition coefficient (Wildman–Crippen LogP) is 3.32. The van der Waals surface area contributed by atoms with Gasteiger partial charge < -0.3 is 10.6 Å². The Kier molecular flexibility index (Phi) is 2.73. The second-order valence-corrected chi connectivity index (χ2v) is 7.71. The fourth-order valence-corrected chi connectivity index (χ4v) is 5.82. The lowest BCUT2D eigenvalue weighted by molar-refractivity contribution is -0.0472. The van der Waals surface area contributed by atoms with Crippen molar-refractivity contribution >= 4 is 11.4 Å². The molecule has 4 fully saturated rings. The van der Waals surface area contributed by atoms with Crippen molar-refractivity contribution in [3.63, 3.8) is 0 Å². The smallest absolute Gasteiger partial charge is 0.0738 e. The van der Waals surface area contributed by atoms with Crippen molar-refractivity contribution in [3.8, 4) is 0 Å². The van der Waals surface area contributed by atoms with Crippen LogP contribution in [0.5, 0.6) is 0 Å². The summed E-state index contributed by atoms with van der Waals surface area (Å²) >= 11 is 0. The quantitative estimate of drug-likeness (QED) is 0.917. The second kappa shape index (κ2) is 4.37. The summed E-state index contributed by atoms with van der Waals surface area (Å²) in [6.07, 6.45) is 12.5. The van der Waals surface area contributed by atoms with Gasteiger partial charge in [0.2, 0.25) is 0 Å². The summed E-state index contributed by atoms with van der Waals surface area (Å²) in [6.45, 7) is 1.17. The molecule has 0 radical (unpaired) electrons. The molecule has 3 heteroatoms. The molecule has 4 aliphatic rings. The third-order valence-corrected chi connectivity index (χ3v) is 5.98. The van der Waals surface area contributed by atoms with Crippen LogP contribution in [0.25, 0.3) is 0 Å². The van der Waals surface area contributed by atoms with Gasteiger partial charge in [-0.25, -0.2) is 0 Å². The molecule has 0 aliphatic heterocycles. The van der Waals surface area contributed by atoms with E-state index in [1.54, 1.807) is 6.20 Å². The molecule has 0 spiro atoms. The van der Waals surface area contributed by atoms with E-state index in [0.29, 0.717) is 5.41 Å². The molecule has 0 aromatic carbocycles. The molecule has 0 atom stereocenters. The number of nitrogens with two attached hydrogens (primary N) is 1. The molecule has 4 aliphatic carbocycles. The molecule has 4 saturated carbocycles. The lowest BCUT2D eigenvalue weighted by atomic mass is 9.49. The Balaban J connectivity index is 1.55. The van der Waals surface area contributed by atoms with Crippen LogP contribution in [-0.4, -0.2) is 18.6 Å². The zero-order chi connectivity index (χ0) is 13.7. The van der Waals surface area contributed by atoms with Crippen molar-refractivity contribution in [2.24, 2.45) is 23.2 Å². The van der Waals surface area contributed by atoms with Gasteiger partial charge in [-0.3, -0.25) is 4.98 Å². The molecular formula is C17H25N3. The predicted molar refractivity (Wildman–Crippen MR) is 82.5 cm³/mol. The van der Waals surface area contributed by atoms with Crippen LogP contribution >= 0.6 is 0 Å². The fourth-order valence-electron chi connectivity index (χ4n) is 5.82. The first-order valence-electron chi connectivity index (χ1n) is 8.04. The molecule has 3 nitrogen and oxygen atoms in total. The van der Waals surface area contributed by atoms with Crippen molar-refractivity contribution in [3.05, 3.63) is 18.5 Å². The summed E-state index contributed by atoms with van der Waals surface area (Å²) in [5.41, 5.74) is 8.61. The van der Waals surface area contributed by atoms with Crippen molar-refractivity contribution in [2.75, 3.05) is 24.2 Å². The first-order chi connectivity index (χ1) is 9.63. The largest absolute Gasteiger partial charge is 0.396 e. The lowest BCUT2D eigenvalue weighted by Crippen LogP contribution is -2.50. The molecule has 1 heterocycles. The van der Waals surface area contributed by atoms with Crippen molar-refractivity contribution in [1.29, 1.82) is 0 Å². The van der Waals surface area contributed by atoms with Gasteiger partial charge in [-0.2, -0.15) is 0 Å². The fraction of sp³-hybridized carbons (Fsp3) is 0.706. The summed E-state index contributed by atoms with van der Waals surface area (Å²) in [5.74, 6) is 3.05. The Hall–Kier alpha value is -1.25. The standard InChI is InChI=1S/C17H25N3/c1-20(16-2-3-19-10-15(16)18)11-17-7-12-4-13(8-17)6-14(5-12)9-17/h2-3,10,12-14H,4-9,11,18H2,1H3. The van der Waals surface area contributed by atoms with E-state index in [2.05, 4.69) is 23.0 Å². The zero-order valence-electron chi connectivity index (χ0n) is 12.4. The first kappa shape index (κ1) is 12.5. The molecule has 4 bridgehead atoms. The first-order valence-corrected chi connectivity index (χ1v) is 8.04. The Labute approximate surface area is 121 Å². The third-order valence-electron chi connectivity index (χ3n) is 5.98. The molecule has 0 saturated heterocycles. The summed E-state index contributed by atoms with van der Waals surface area (Å²) < 4.78 is 0. The average molecular weight is 271 g/mol. The van der Waals surface area contributed by atoms with Crippen LogP contribution in [0.4, 0.5) is 11.4 Å². The Morgan fingerprint density at radius 1 is 1.20 bits per heavy atom. The minimum Gasteiger partial charge on any atom is -0.396 e. The highest BCUT2D eigenvalue weighted by Gasteiger charge is 2.51. The normalized spacial score (nSPS) is 38.1. The molecule has 0 amide bonds. The van der Waals surface area contributed by atoms with Gasteiger partial charge in [-0.15, -0.1) is 0 Å². The van der Waals surface area contributed by atoms with Gasteiger partial charge >= 0.3 is 0 Å².